The molecule has 0 radical (unpaired) electrons. The molecule has 29 heavy (non-hydrogen) atoms. The van der Waals surface area contributed by atoms with Crippen LogP contribution in [-0.2, 0) is 11.3 Å². The predicted molar refractivity (Wildman–Crippen MR) is 110 cm³/mol. The molecule has 0 saturated heterocycles. The maximum atomic E-state index is 13.1. The highest BCUT2D eigenvalue weighted by atomic mass is 19.1. The molecule has 0 aromatic heterocycles. The van der Waals surface area contributed by atoms with Crippen LogP contribution in [0.5, 0.6) is 0 Å². The summed E-state index contributed by atoms with van der Waals surface area (Å²) in [5, 5.41) is 2.80. The monoisotopic (exact) mass is 388 g/mol. The number of hydrogen-bond acceptors (Lipinski definition) is 2. The third-order valence-electron chi connectivity index (χ3n) is 5.19. The van der Waals surface area contributed by atoms with E-state index in [1.807, 2.05) is 55.5 Å². The summed E-state index contributed by atoms with van der Waals surface area (Å²) in [5.41, 5.74) is 4.19. The molecular formula is C24H21FN2O2. The molecule has 0 aliphatic carbocycles. The summed E-state index contributed by atoms with van der Waals surface area (Å²) >= 11 is 0. The molecule has 1 atom stereocenters. The molecule has 2 amide bonds. The Kier molecular flexibility index (Phi) is 5.12. The third-order valence-corrected chi connectivity index (χ3v) is 5.19. The lowest BCUT2D eigenvalue weighted by Gasteiger charge is -2.28. The summed E-state index contributed by atoms with van der Waals surface area (Å²) in [7, 11) is 0. The van der Waals surface area contributed by atoms with Gasteiger partial charge in [-0.1, -0.05) is 48.0 Å². The Labute approximate surface area is 169 Å². The molecule has 5 heteroatoms. The Hall–Kier alpha value is -3.47. The van der Waals surface area contributed by atoms with Gasteiger partial charge in [-0.3, -0.25) is 9.59 Å². The topological polar surface area (TPSA) is 49.4 Å². The molecule has 3 aromatic carbocycles. The molecule has 0 spiro atoms. The minimum atomic E-state index is -0.393. The molecule has 0 saturated carbocycles. The number of halogens is 1. The Morgan fingerprint density at radius 3 is 2.41 bits per heavy atom. The first-order valence-corrected chi connectivity index (χ1v) is 9.52. The Balaban J connectivity index is 1.59. The number of aryl methyl sites for hydroxylation is 1. The quantitative estimate of drug-likeness (QED) is 0.679. The molecular weight excluding hydrogens is 367 g/mol. The minimum Gasteiger partial charge on any atom is -0.327 e. The van der Waals surface area contributed by atoms with Gasteiger partial charge in [0.25, 0.3) is 5.91 Å². The first-order chi connectivity index (χ1) is 14.0. The van der Waals surface area contributed by atoms with Crippen LogP contribution in [0.15, 0.2) is 72.8 Å². The first kappa shape index (κ1) is 18.9. The fourth-order valence-corrected chi connectivity index (χ4v) is 3.65. The van der Waals surface area contributed by atoms with Crippen LogP contribution in [0.25, 0.3) is 0 Å². The number of fused-ring (bicyclic) bond motifs is 1. The van der Waals surface area contributed by atoms with Crippen molar-refractivity contribution in [2.45, 2.75) is 25.9 Å². The maximum Gasteiger partial charge on any atom is 0.255 e. The number of carbonyl (C=O) groups is 2. The zero-order chi connectivity index (χ0) is 20.4. The van der Waals surface area contributed by atoms with Gasteiger partial charge in [0, 0.05) is 17.8 Å². The fraction of sp³-hybridized carbons (Fsp3) is 0.167. The molecule has 4 rings (SSSR count). The molecule has 1 aliphatic rings. The molecule has 1 N–H and O–H groups in total. The molecule has 4 nitrogen and oxygen atoms in total. The van der Waals surface area contributed by atoms with Crippen LogP contribution in [-0.4, -0.2) is 16.7 Å². The summed E-state index contributed by atoms with van der Waals surface area (Å²) in [6, 6.07) is 20.7. The number of hydrogen-bond donors (Lipinski definition) is 1. The number of carbonyl (C=O) groups excluding carboxylic acids is 2. The third kappa shape index (κ3) is 4.04. The lowest BCUT2D eigenvalue weighted by atomic mass is 10.00. The van der Waals surface area contributed by atoms with E-state index in [1.54, 1.807) is 4.90 Å². The van der Waals surface area contributed by atoms with Crippen molar-refractivity contribution < 1.29 is 14.0 Å². The van der Waals surface area contributed by atoms with Crippen LogP contribution in [0.2, 0.25) is 0 Å². The van der Waals surface area contributed by atoms with Crippen LogP contribution in [0.4, 0.5) is 10.1 Å². The summed E-state index contributed by atoms with van der Waals surface area (Å²) in [5.74, 6) is -0.660. The Bertz CT molecular complexity index is 1050. The number of nitrogens with zero attached hydrogens (tertiary/aromatic N) is 1. The largest absolute Gasteiger partial charge is 0.327 e. The number of nitrogens with one attached hydrogen (secondary N) is 1. The van der Waals surface area contributed by atoms with Crippen molar-refractivity contribution in [3.8, 4) is 0 Å². The van der Waals surface area contributed by atoms with Crippen molar-refractivity contribution in [2.75, 3.05) is 5.32 Å². The van der Waals surface area contributed by atoms with Gasteiger partial charge < -0.3 is 10.2 Å². The zero-order valence-corrected chi connectivity index (χ0v) is 16.1. The SMILES string of the molecule is Cc1ccc([C@H](CC(=O)Nc2ccc(F)cc2)N2Cc3ccccc3C2=O)cc1. The van der Waals surface area contributed by atoms with E-state index in [9.17, 15) is 14.0 Å². The van der Waals surface area contributed by atoms with E-state index in [0.29, 0.717) is 17.8 Å². The van der Waals surface area contributed by atoms with Gasteiger partial charge in [-0.25, -0.2) is 4.39 Å². The van der Waals surface area contributed by atoms with E-state index >= 15 is 0 Å². The van der Waals surface area contributed by atoms with Crippen molar-refractivity contribution in [1.29, 1.82) is 0 Å². The molecule has 0 fully saturated rings. The van der Waals surface area contributed by atoms with E-state index in [4.69, 9.17) is 0 Å². The minimum absolute atomic E-state index is 0.0687. The predicted octanol–water partition coefficient (Wildman–Crippen LogP) is 4.86. The van der Waals surface area contributed by atoms with Crippen LogP contribution in [0, 0.1) is 12.7 Å². The first-order valence-electron chi connectivity index (χ1n) is 9.52. The average Bonchev–Trinajstić information content (AvgIpc) is 3.05. The second-order valence-corrected chi connectivity index (χ2v) is 7.28. The molecule has 3 aromatic rings. The van der Waals surface area contributed by atoms with E-state index < -0.39 is 6.04 Å². The lowest BCUT2D eigenvalue weighted by Crippen LogP contribution is -2.32. The summed E-state index contributed by atoms with van der Waals surface area (Å²) in [6.07, 6.45) is 0.111. The highest BCUT2D eigenvalue weighted by Crippen LogP contribution is 2.33. The second kappa shape index (κ2) is 7.87. The van der Waals surface area contributed by atoms with Crippen molar-refractivity contribution in [2.24, 2.45) is 0 Å². The van der Waals surface area contributed by atoms with Gasteiger partial charge in [-0.2, -0.15) is 0 Å². The lowest BCUT2D eigenvalue weighted by molar-refractivity contribution is -0.117. The summed E-state index contributed by atoms with van der Waals surface area (Å²) < 4.78 is 13.1. The van der Waals surface area contributed by atoms with E-state index in [0.717, 1.165) is 16.7 Å². The van der Waals surface area contributed by atoms with Gasteiger partial charge >= 0.3 is 0 Å². The standard InChI is InChI=1S/C24H21FN2O2/c1-16-6-8-17(9-7-16)22(14-23(28)26-20-12-10-19(25)11-13-20)27-15-18-4-2-3-5-21(18)24(27)29/h2-13,22H,14-15H2,1H3,(H,26,28)/t22-/m0/s1. The number of benzene rings is 3. The van der Waals surface area contributed by atoms with Gasteiger partial charge in [0.1, 0.15) is 5.82 Å². The smallest absolute Gasteiger partial charge is 0.255 e. The van der Waals surface area contributed by atoms with E-state index in [2.05, 4.69) is 5.32 Å². The molecule has 0 unspecified atom stereocenters. The molecule has 0 bridgehead atoms. The zero-order valence-electron chi connectivity index (χ0n) is 16.1. The maximum absolute atomic E-state index is 13.1. The van der Waals surface area contributed by atoms with Crippen molar-refractivity contribution in [3.63, 3.8) is 0 Å². The van der Waals surface area contributed by atoms with E-state index in [1.165, 1.54) is 24.3 Å². The number of anilines is 1. The van der Waals surface area contributed by atoms with Crippen LogP contribution in [0.1, 0.15) is 39.5 Å². The summed E-state index contributed by atoms with van der Waals surface area (Å²) in [6.45, 7) is 2.47. The van der Waals surface area contributed by atoms with Gasteiger partial charge in [0.05, 0.1) is 12.5 Å². The van der Waals surface area contributed by atoms with Gasteiger partial charge in [-0.05, 0) is 48.4 Å². The Morgan fingerprint density at radius 1 is 1.03 bits per heavy atom. The van der Waals surface area contributed by atoms with Crippen LogP contribution in [0.3, 0.4) is 0 Å². The van der Waals surface area contributed by atoms with Crippen molar-refractivity contribution in [3.05, 3.63) is 101 Å². The molecule has 1 heterocycles. The Morgan fingerprint density at radius 2 is 1.72 bits per heavy atom. The van der Waals surface area contributed by atoms with Crippen molar-refractivity contribution in [1.82, 2.24) is 4.90 Å². The number of rotatable bonds is 5. The van der Waals surface area contributed by atoms with Crippen LogP contribution < -0.4 is 5.32 Å². The normalized spacial score (nSPS) is 13.9. The molecule has 146 valence electrons. The second-order valence-electron chi connectivity index (χ2n) is 7.28. The van der Waals surface area contributed by atoms with Gasteiger partial charge in [-0.15, -0.1) is 0 Å². The van der Waals surface area contributed by atoms with Gasteiger partial charge in [0.2, 0.25) is 5.91 Å². The van der Waals surface area contributed by atoms with Crippen molar-refractivity contribution >= 4 is 17.5 Å². The molecule has 1 aliphatic heterocycles. The summed E-state index contributed by atoms with van der Waals surface area (Å²) in [4.78, 5) is 27.5. The highest BCUT2D eigenvalue weighted by molar-refractivity contribution is 5.99. The number of amides is 2. The average molecular weight is 388 g/mol. The highest BCUT2D eigenvalue weighted by Gasteiger charge is 2.34. The van der Waals surface area contributed by atoms with E-state index in [-0.39, 0.29) is 24.1 Å². The van der Waals surface area contributed by atoms with Gasteiger partial charge in [0.15, 0.2) is 0 Å². The van der Waals surface area contributed by atoms with Crippen LogP contribution >= 0.6 is 0 Å². The fourth-order valence-electron chi connectivity index (χ4n) is 3.65.